The molecule has 3 heterocycles. The fraction of sp³-hybridized carbons (Fsp3) is 0.680. The fourth-order valence-corrected chi connectivity index (χ4v) is 6.69. The number of carbonyl (C=O) groups excluding carboxylic acids is 2. The maximum atomic E-state index is 11.5. The summed E-state index contributed by atoms with van der Waals surface area (Å²) in [5.41, 5.74) is 6.72. The number of hydroxylamine groups is 6. The number of anilines is 8. The van der Waals surface area contributed by atoms with Crippen LogP contribution in [0.15, 0.2) is 60.7 Å². The van der Waals surface area contributed by atoms with Crippen LogP contribution in [0.4, 0.5) is 57.2 Å². The van der Waals surface area contributed by atoms with E-state index in [0.29, 0.717) is 116 Å². The minimum absolute atomic E-state index is 0. The average Bonchev–Trinajstić information content (AvgIpc) is 0.853. The summed E-state index contributed by atoms with van der Waals surface area (Å²) in [6, 6.07) is 19.0. The SMILES string of the molecule is C.CC(C)CON.CC(C)CON(C)C(=O)OCc1ccccc1.CC(C)CONC(=O)OCc1ccccc1.CCCNc1nc(Cl)nc(NCCC)n1.CCCNc1nc(NCCC)[nH+]c(N(C)OCC(C)C)n1.CCCNc1nc(NCCC)nc(N(C)OCC(C)C)n1.CC[CH-]I.CNOCC(C)C.Cl.O=S(=O)(O)O.O=S(=O)([O-])O.[V]. The van der Waals surface area contributed by atoms with Gasteiger partial charge in [-0.2, -0.15) is 60.3 Å². The number of rotatable bonds is 42. The minimum atomic E-state index is -4.92. The molecule has 2 aromatic carbocycles. The second kappa shape index (κ2) is 84.9. The predicted molar refractivity (Wildman–Crippen MR) is 484 cm³/mol. The molecule has 699 valence electrons. The van der Waals surface area contributed by atoms with Gasteiger partial charge in [0.05, 0.1) is 46.7 Å². The normalized spacial score (nSPS) is 10.2. The fourth-order valence-electron chi connectivity index (χ4n) is 6.53. The van der Waals surface area contributed by atoms with E-state index in [-0.39, 0.29) is 56.9 Å². The average molecular weight is 1940 g/mol. The summed E-state index contributed by atoms with van der Waals surface area (Å²) in [6.45, 7) is 48.6. The largest absolute Gasteiger partial charge is 0.726 e. The van der Waals surface area contributed by atoms with Crippen LogP contribution in [0.2, 0.25) is 5.28 Å². The Kier molecular flexibility index (Phi) is 91.5. The molecule has 45 heteroatoms. The van der Waals surface area contributed by atoms with E-state index in [1.165, 1.54) is 6.42 Å². The third-order valence-corrected chi connectivity index (χ3v) is 12.9. The Hall–Kier alpha value is -6.28. The number of nitrogens with two attached hydrogens (primary N) is 1. The number of hydrogen-bond acceptors (Lipinski definition) is 33. The van der Waals surface area contributed by atoms with Gasteiger partial charge in [-0.25, -0.2) is 44.3 Å². The first-order valence-electron chi connectivity index (χ1n) is 38.8. The van der Waals surface area contributed by atoms with E-state index in [2.05, 4.69) is 210 Å². The van der Waals surface area contributed by atoms with Crippen molar-refractivity contribution in [2.45, 2.75) is 197 Å². The molecule has 0 aliphatic carbocycles. The summed E-state index contributed by atoms with van der Waals surface area (Å²) < 4.78 is 76.5. The molecular weight excluding hydrogens is 1800 g/mol. The number of aromatic nitrogens is 9. The number of nitrogens with one attached hydrogen (secondary N) is 9. The molecule has 0 spiro atoms. The maximum absolute atomic E-state index is 11.5. The third-order valence-electron chi connectivity index (χ3n) is 11.9. The van der Waals surface area contributed by atoms with Crippen molar-refractivity contribution < 1.29 is 107 Å². The number of halogens is 3. The molecule has 39 nitrogen and oxygen atoms in total. The van der Waals surface area contributed by atoms with Crippen molar-refractivity contribution in [2.75, 3.05) is 149 Å². The Morgan fingerprint density at radius 3 is 1.18 bits per heavy atom. The molecule has 5 rings (SSSR count). The van der Waals surface area contributed by atoms with E-state index in [1.54, 1.807) is 24.2 Å². The molecule has 0 saturated heterocycles. The van der Waals surface area contributed by atoms with E-state index in [0.717, 1.165) is 101 Å². The van der Waals surface area contributed by atoms with Crippen LogP contribution in [0.3, 0.4) is 0 Å². The molecule has 0 saturated carbocycles. The molecule has 3 aromatic heterocycles. The number of ether oxygens (including phenoxy) is 2. The standard InChI is InChI=1S/2C14H28N6O.C13H19NO3.C12H17NO3.C9H16ClN5.C5H13NO.C4H11NO.C3H6I.CH4.ClH.2H2O4S.V/c2*1-6-8-15-12-17-13(16-9-7-2)19-14(18-12)20(5)21-10-11(3)4;1-11(2)9-17-14(3)13(15)16-10-12-7-5-4-6-8-12;1-10(2)8-16-13-12(14)15-9-11-6-4-3-5-7-11;1-3-5-11-8-13-7(10)14-9(15-8)12-6-4-2;1-5(2)4-7-6-3;1-4(2)3-6-5;1-2-3-4;;;2*1-5(2,3)4;/h2*11H,6-10H2,1-5H3,(H2,15,16,17,18,19);4-8,11H,9-10H2,1-3H3;3-7,10H,8-9H2,1-2H3,(H,13,14);3-6H2,1-2H3,(H2,11,12,13,14,15);5-6H,4H2,1-3H3;4H,3,5H2,1-2H3;3H,2H2,1H3;1H4;1H;2*(H2,1,2,3,4);/q;;;;;;;-1;;;;;. The smallest absolute Gasteiger partial charge is 0.433 e. The van der Waals surface area contributed by atoms with Crippen LogP contribution in [-0.2, 0) is 91.1 Å². The molecule has 0 aliphatic heterocycles. The third kappa shape index (κ3) is 94.0. The van der Waals surface area contributed by atoms with Gasteiger partial charge in [-0.05, 0) is 96.8 Å². The van der Waals surface area contributed by atoms with Crippen LogP contribution in [0.1, 0.15) is 195 Å². The van der Waals surface area contributed by atoms with Crippen LogP contribution in [0.25, 0.3) is 0 Å². The van der Waals surface area contributed by atoms with E-state index < -0.39 is 33.0 Å². The van der Waals surface area contributed by atoms with E-state index >= 15 is 0 Å². The van der Waals surface area contributed by atoms with Gasteiger partial charge >= 0.3 is 40.4 Å². The van der Waals surface area contributed by atoms with Crippen LogP contribution >= 0.6 is 46.6 Å². The number of H-pyrrole nitrogens is 1. The summed E-state index contributed by atoms with van der Waals surface area (Å²) in [4.78, 5) is 90.5. The number of benzene rings is 2. The summed E-state index contributed by atoms with van der Waals surface area (Å²) in [6.07, 6.45) is 6.25. The Morgan fingerprint density at radius 1 is 0.525 bits per heavy atom. The Labute approximate surface area is 753 Å². The van der Waals surface area contributed by atoms with E-state index in [1.807, 2.05) is 116 Å². The first-order chi connectivity index (χ1) is 55.1. The molecule has 0 bridgehead atoms. The van der Waals surface area contributed by atoms with Crippen LogP contribution in [0, 0.1) is 39.9 Å². The molecule has 14 N–H and O–H groups in total. The van der Waals surface area contributed by atoms with Gasteiger partial charge in [0.15, 0.2) is 0 Å². The Bertz CT molecular complexity index is 3200. The molecule has 0 aliphatic rings. The second-order valence-corrected chi connectivity index (χ2v) is 30.0. The van der Waals surface area contributed by atoms with Crippen molar-refractivity contribution in [1.82, 2.24) is 55.9 Å². The monoisotopic (exact) mass is 1940 g/mol. The molecule has 0 atom stereocenters. The van der Waals surface area contributed by atoms with Crippen LogP contribution < -0.4 is 63.9 Å². The van der Waals surface area contributed by atoms with Gasteiger partial charge in [-0.15, -0.1) is 12.4 Å². The van der Waals surface area contributed by atoms with Crippen molar-refractivity contribution in [1.29, 1.82) is 0 Å². The quantitative estimate of drug-likeness (QED) is 0.00567. The molecule has 1 radical (unpaired) electrons. The minimum Gasteiger partial charge on any atom is -0.726 e. The molecule has 0 unspecified atom stereocenters. The molecule has 5 aromatic rings. The maximum Gasteiger partial charge on any atom is 0.433 e. The number of carbonyl (C=O) groups is 2. The zero-order valence-corrected chi connectivity index (χ0v) is 80.8. The summed E-state index contributed by atoms with van der Waals surface area (Å²) in [5.74, 6) is 12.2. The molecule has 2 amide bonds. The number of aromatic amines is 1. The summed E-state index contributed by atoms with van der Waals surface area (Å²) in [7, 11) is -2.61. The zero-order chi connectivity index (χ0) is 90.0. The van der Waals surface area contributed by atoms with Crippen LogP contribution in [0.5, 0.6) is 0 Å². The second-order valence-electron chi connectivity index (χ2n) is 27.0. The number of nitrogens with zero attached hydrogens (tertiary/aromatic N) is 11. The summed E-state index contributed by atoms with van der Waals surface area (Å²) in [5, 5.41) is 23.5. The van der Waals surface area contributed by atoms with Gasteiger partial charge in [-0.3, -0.25) is 32.6 Å². The first kappa shape index (κ1) is 129. The first-order valence-corrected chi connectivity index (χ1v) is 43.2. The van der Waals surface area contributed by atoms with Gasteiger partial charge in [0.25, 0.3) is 5.95 Å². The Balaban J connectivity index is -0.000000201. The predicted octanol–water partition coefficient (Wildman–Crippen LogP) is 14.7. The van der Waals surface area contributed by atoms with Gasteiger partial charge in [-0.1, -0.05) is 210 Å². The van der Waals surface area contributed by atoms with Crippen molar-refractivity contribution >= 4 is 127 Å². The van der Waals surface area contributed by atoms with Gasteiger partial charge in [0, 0.05) is 79.0 Å². The van der Waals surface area contributed by atoms with Crippen molar-refractivity contribution in [3.63, 3.8) is 0 Å². The Morgan fingerprint density at radius 2 is 0.850 bits per heavy atom. The molecule has 120 heavy (non-hydrogen) atoms. The van der Waals surface area contributed by atoms with Gasteiger partial charge in [0.1, 0.15) is 13.2 Å². The zero-order valence-electron chi connectivity index (χ0n) is 74.1. The van der Waals surface area contributed by atoms with E-state index in [9.17, 15) is 9.59 Å². The van der Waals surface area contributed by atoms with Crippen LogP contribution in [-0.4, -0.2) is 199 Å². The van der Waals surface area contributed by atoms with Crippen molar-refractivity contribution in [2.24, 2.45) is 41.4 Å². The number of amides is 2. The summed E-state index contributed by atoms with van der Waals surface area (Å²) >= 11 is 7.99. The van der Waals surface area contributed by atoms with Gasteiger partial charge < -0.3 is 78.2 Å². The number of hydrogen-bond donors (Lipinski definition) is 12. The van der Waals surface area contributed by atoms with Gasteiger partial charge in [0.2, 0.25) is 39.5 Å². The van der Waals surface area contributed by atoms with Crippen molar-refractivity contribution in [3.8, 4) is 0 Å². The van der Waals surface area contributed by atoms with Crippen molar-refractivity contribution in [3.05, 3.63) is 81.5 Å². The topological polar surface area (TPSA) is 509 Å². The molecular formula is C75H147Cl2IN21O18S2V-. The molecule has 0 fully saturated rings. The van der Waals surface area contributed by atoms with E-state index in [4.69, 9.17) is 86.2 Å².